The number of nitrogens with zero attached hydrogens (tertiary/aromatic N) is 1. The molecular formula is C21H19NO4. The van der Waals surface area contributed by atoms with Gasteiger partial charge in [0.05, 0.1) is 23.1 Å². The fraction of sp³-hybridized carbons (Fsp3) is 0.476. The predicted octanol–water partition coefficient (Wildman–Crippen LogP) is 2.58. The van der Waals surface area contributed by atoms with Crippen LogP contribution in [0.15, 0.2) is 36.4 Å². The minimum atomic E-state index is -1.01. The van der Waals surface area contributed by atoms with Crippen LogP contribution in [0.3, 0.4) is 0 Å². The van der Waals surface area contributed by atoms with Crippen LogP contribution >= 0.6 is 0 Å². The second-order valence-electron chi connectivity index (χ2n) is 8.58. The number of carboxylic acids is 1. The first-order chi connectivity index (χ1) is 12.6. The van der Waals surface area contributed by atoms with E-state index < -0.39 is 5.97 Å². The van der Waals surface area contributed by atoms with Gasteiger partial charge in [-0.25, -0.2) is 4.79 Å². The Morgan fingerprint density at radius 2 is 1.42 bits per heavy atom. The monoisotopic (exact) mass is 349 g/mol. The van der Waals surface area contributed by atoms with Crippen molar-refractivity contribution in [2.45, 2.75) is 12.8 Å². The zero-order chi connectivity index (χ0) is 17.7. The summed E-state index contributed by atoms with van der Waals surface area (Å²) in [6, 6.07) is 6.07. The molecule has 1 aromatic rings. The lowest BCUT2D eigenvalue weighted by Gasteiger charge is -2.36. The first-order valence-corrected chi connectivity index (χ1v) is 9.46. The second-order valence-corrected chi connectivity index (χ2v) is 8.58. The van der Waals surface area contributed by atoms with Crippen LogP contribution < -0.4 is 4.90 Å². The van der Waals surface area contributed by atoms with Crippen LogP contribution in [-0.4, -0.2) is 22.9 Å². The molecule has 132 valence electrons. The summed E-state index contributed by atoms with van der Waals surface area (Å²) in [5.41, 5.74) is 0.662. The molecule has 5 aliphatic rings. The minimum absolute atomic E-state index is 0.0687. The molecule has 0 radical (unpaired) electrons. The molecule has 3 saturated carbocycles. The summed E-state index contributed by atoms with van der Waals surface area (Å²) in [7, 11) is 0. The van der Waals surface area contributed by atoms with Crippen molar-refractivity contribution in [1.82, 2.24) is 0 Å². The minimum Gasteiger partial charge on any atom is -0.478 e. The quantitative estimate of drug-likeness (QED) is 0.506. The van der Waals surface area contributed by atoms with Gasteiger partial charge in [0.25, 0.3) is 0 Å². The second kappa shape index (κ2) is 4.64. The summed E-state index contributed by atoms with van der Waals surface area (Å²) >= 11 is 0. The Labute approximate surface area is 150 Å². The number of rotatable bonds is 2. The van der Waals surface area contributed by atoms with Gasteiger partial charge in [0, 0.05) is 0 Å². The highest BCUT2D eigenvalue weighted by atomic mass is 16.4. The molecule has 4 fully saturated rings. The molecule has 6 rings (SSSR count). The Morgan fingerprint density at radius 3 is 1.92 bits per heavy atom. The smallest absolute Gasteiger partial charge is 0.335 e. The summed E-state index contributed by atoms with van der Waals surface area (Å²) < 4.78 is 0. The SMILES string of the molecule is O=C(O)c1ccc(N2C(=O)[C@@H]3[C@H]4C[C@@H]([C@@H]3C2=O)[C@H]2[C@@H]4[C@H]3C=C[C@H]2C3)cc1. The third kappa shape index (κ3) is 1.56. The topological polar surface area (TPSA) is 74.7 Å². The highest BCUT2D eigenvalue weighted by Crippen LogP contribution is 2.70. The molecule has 0 unspecified atom stereocenters. The van der Waals surface area contributed by atoms with E-state index in [1.807, 2.05) is 0 Å². The van der Waals surface area contributed by atoms with Gasteiger partial charge < -0.3 is 5.11 Å². The van der Waals surface area contributed by atoms with Crippen LogP contribution in [0.2, 0.25) is 0 Å². The van der Waals surface area contributed by atoms with Gasteiger partial charge in [-0.15, -0.1) is 0 Å². The zero-order valence-electron chi connectivity index (χ0n) is 14.1. The number of amides is 2. The predicted molar refractivity (Wildman–Crippen MR) is 92.2 cm³/mol. The van der Waals surface area contributed by atoms with Gasteiger partial charge in [0.15, 0.2) is 0 Å². The molecule has 4 bridgehead atoms. The molecule has 26 heavy (non-hydrogen) atoms. The summed E-state index contributed by atoms with van der Waals surface area (Å²) in [6.07, 6.45) is 6.92. The van der Waals surface area contributed by atoms with Crippen molar-refractivity contribution in [3.63, 3.8) is 0 Å². The first-order valence-electron chi connectivity index (χ1n) is 9.46. The van der Waals surface area contributed by atoms with Gasteiger partial charge in [-0.05, 0) is 72.6 Å². The van der Waals surface area contributed by atoms with Gasteiger partial charge in [-0.2, -0.15) is 0 Å². The Balaban J connectivity index is 1.36. The number of aromatic carboxylic acids is 1. The molecule has 1 N–H and O–H groups in total. The summed E-state index contributed by atoms with van der Waals surface area (Å²) in [4.78, 5) is 38.7. The van der Waals surface area contributed by atoms with Crippen LogP contribution in [-0.2, 0) is 9.59 Å². The van der Waals surface area contributed by atoms with Gasteiger partial charge in [-0.1, -0.05) is 12.2 Å². The van der Waals surface area contributed by atoms with E-state index in [-0.39, 0.29) is 29.2 Å². The Bertz CT molecular complexity index is 846. The summed E-state index contributed by atoms with van der Waals surface area (Å²) in [6.45, 7) is 0. The lowest BCUT2D eigenvalue weighted by molar-refractivity contribution is -0.123. The number of benzene rings is 1. The number of imide groups is 1. The number of carboxylic acid groups (broad SMARTS) is 1. The van der Waals surface area contributed by atoms with Crippen molar-refractivity contribution in [2.24, 2.45) is 47.3 Å². The highest BCUT2D eigenvalue weighted by molar-refractivity contribution is 6.22. The normalized spacial score (nSPS) is 44.1. The van der Waals surface area contributed by atoms with Crippen molar-refractivity contribution < 1.29 is 19.5 Å². The maximum atomic E-state index is 13.2. The lowest BCUT2D eigenvalue weighted by Crippen LogP contribution is -2.38. The van der Waals surface area contributed by atoms with E-state index in [0.29, 0.717) is 41.2 Å². The number of anilines is 1. The number of allylic oxidation sites excluding steroid dienone is 2. The van der Waals surface area contributed by atoms with Crippen LogP contribution in [0.4, 0.5) is 5.69 Å². The molecule has 4 aliphatic carbocycles. The summed E-state index contributed by atoms with van der Waals surface area (Å²) in [5.74, 6) is 1.58. The highest BCUT2D eigenvalue weighted by Gasteiger charge is 2.71. The zero-order valence-corrected chi connectivity index (χ0v) is 14.1. The third-order valence-electron chi connectivity index (χ3n) is 7.81. The molecule has 1 saturated heterocycles. The number of hydrogen-bond donors (Lipinski definition) is 1. The molecule has 1 aromatic carbocycles. The lowest BCUT2D eigenvalue weighted by atomic mass is 9.65. The molecule has 0 spiro atoms. The van der Waals surface area contributed by atoms with E-state index in [9.17, 15) is 14.4 Å². The van der Waals surface area contributed by atoms with E-state index in [4.69, 9.17) is 5.11 Å². The standard InChI is InChI=1S/C21H19NO4/c23-19-17-13-8-14(16-11-2-1-10(7-11)15(13)16)18(17)20(24)22(19)12-5-3-9(4-6-12)21(25)26/h1-6,10-11,13-18H,7-8H2,(H,25,26)/t10-,11-,13-,14+,15+,16-,17+,18-/m0/s1. The Kier molecular flexibility index (Phi) is 2.63. The van der Waals surface area contributed by atoms with E-state index >= 15 is 0 Å². The molecule has 5 nitrogen and oxygen atoms in total. The number of carbonyl (C=O) groups excluding carboxylic acids is 2. The molecule has 2 amide bonds. The van der Waals surface area contributed by atoms with Gasteiger partial charge in [-0.3, -0.25) is 14.5 Å². The van der Waals surface area contributed by atoms with Crippen LogP contribution in [0.1, 0.15) is 23.2 Å². The Morgan fingerprint density at radius 1 is 0.885 bits per heavy atom. The van der Waals surface area contributed by atoms with Crippen molar-refractivity contribution >= 4 is 23.5 Å². The Hall–Kier alpha value is -2.43. The van der Waals surface area contributed by atoms with E-state index in [2.05, 4.69) is 12.2 Å². The molecule has 0 aromatic heterocycles. The number of hydrogen-bond acceptors (Lipinski definition) is 3. The molecule has 5 heteroatoms. The fourth-order valence-electron chi connectivity index (χ4n) is 7.13. The maximum Gasteiger partial charge on any atom is 0.335 e. The fourth-order valence-corrected chi connectivity index (χ4v) is 7.13. The molecule has 8 atom stereocenters. The molecule has 1 aliphatic heterocycles. The van der Waals surface area contributed by atoms with Gasteiger partial charge in [0.2, 0.25) is 11.8 Å². The van der Waals surface area contributed by atoms with Gasteiger partial charge in [0.1, 0.15) is 0 Å². The van der Waals surface area contributed by atoms with E-state index in [0.717, 1.165) is 6.42 Å². The molecule has 1 heterocycles. The largest absolute Gasteiger partial charge is 0.478 e. The number of carbonyl (C=O) groups is 3. The first kappa shape index (κ1) is 14.7. The van der Waals surface area contributed by atoms with Gasteiger partial charge >= 0.3 is 5.97 Å². The van der Waals surface area contributed by atoms with Crippen molar-refractivity contribution in [1.29, 1.82) is 0 Å². The van der Waals surface area contributed by atoms with E-state index in [1.165, 1.54) is 23.5 Å². The van der Waals surface area contributed by atoms with Crippen molar-refractivity contribution in [3.8, 4) is 0 Å². The average Bonchev–Trinajstić information content (AvgIpc) is 3.40. The summed E-state index contributed by atoms with van der Waals surface area (Å²) in [5, 5.41) is 9.05. The molecular weight excluding hydrogens is 330 g/mol. The van der Waals surface area contributed by atoms with Crippen molar-refractivity contribution in [2.75, 3.05) is 4.90 Å². The maximum absolute atomic E-state index is 13.2. The average molecular weight is 349 g/mol. The van der Waals surface area contributed by atoms with E-state index in [1.54, 1.807) is 12.1 Å². The van der Waals surface area contributed by atoms with Crippen LogP contribution in [0, 0.1) is 47.3 Å². The van der Waals surface area contributed by atoms with Crippen LogP contribution in [0.25, 0.3) is 0 Å². The third-order valence-corrected chi connectivity index (χ3v) is 7.81. The van der Waals surface area contributed by atoms with Crippen molar-refractivity contribution in [3.05, 3.63) is 42.0 Å². The number of fused-ring (bicyclic) bond motifs is 12. The van der Waals surface area contributed by atoms with Crippen LogP contribution in [0.5, 0.6) is 0 Å².